The molecule has 0 fully saturated rings. The Morgan fingerprint density at radius 3 is 2.44 bits per heavy atom. The molecule has 0 saturated heterocycles. The highest BCUT2D eigenvalue weighted by Gasteiger charge is 2.15. The van der Waals surface area contributed by atoms with Crippen molar-refractivity contribution in [2.75, 3.05) is 0 Å². The van der Waals surface area contributed by atoms with Crippen molar-refractivity contribution in [3.8, 4) is 0 Å². The average molecular weight is 246 g/mol. The molecule has 0 radical (unpaired) electrons. The number of imidazole rings is 2. The van der Waals surface area contributed by atoms with Crippen LogP contribution >= 0.6 is 0 Å². The van der Waals surface area contributed by atoms with E-state index in [1.807, 2.05) is 18.7 Å². The third-order valence-corrected chi connectivity index (χ3v) is 3.22. The number of aromatic nitrogens is 4. The van der Waals surface area contributed by atoms with E-state index >= 15 is 0 Å². The topological polar surface area (TPSA) is 35.6 Å². The van der Waals surface area contributed by atoms with E-state index in [4.69, 9.17) is 0 Å². The molecule has 0 N–H and O–H groups in total. The van der Waals surface area contributed by atoms with Gasteiger partial charge in [-0.2, -0.15) is 0 Å². The first-order valence-corrected chi connectivity index (χ1v) is 6.51. The van der Waals surface area contributed by atoms with Crippen molar-refractivity contribution in [2.45, 2.75) is 46.1 Å². The van der Waals surface area contributed by atoms with Gasteiger partial charge in [0, 0.05) is 25.4 Å². The van der Waals surface area contributed by atoms with Crippen LogP contribution in [0.5, 0.6) is 0 Å². The first-order chi connectivity index (χ1) is 8.50. The van der Waals surface area contributed by atoms with Crippen molar-refractivity contribution >= 4 is 0 Å². The summed E-state index contributed by atoms with van der Waals surface area (Å²) < 4.78 is 4.33. The van der Waals surface area contributed by atoms with Crippen LogP contribution in [-0.4, -0.2) is 19.1 Å². The fourth-order valence-electron chi connectivity index (χ4n) is 2.26. The summed E-state index contributed by atoms with van der Waals surface area (Å²) >= 11 is 0. The molecule has 0 bridgehead atoms. The van der Waals surface area contributed by atoms with Crippen LogP contribution in [0.2, 0.25) is 0 Å². The molecule has 4 heteroatoms. The molecule has 0 aliphatic rings. The van der Waals surface area contributed by atoms with Crippen molar-refractivity contribution < 1.29 is 0 Å². The van der Waals surface area contributed by atoms with Gasteiger partial charge >= 0.3 is 0 Å². The zero-order valence-electron chi connectivity index (χ0n) is 11.9. The van der Waals surface area contributed by atoms with Crippen LogP contribution in [0.4, 0.5) is 0 Å². The van der Waals surface area contributed by atoms with Gasteiger partial charge in [-0.25, -0.2) is 9.97 Å². The first kappa shape index (κ1) is 12.9. The van der Waals surface area contributed by atoms with Gasteiger partial charge in [0.05, 0.1) is 24.3 Å². The molecule has 0 unspecified atom stereocenters. The Morgan fingerprint density at radius 1 is 1.11 bits per heavy atom. The van der Waals surface area contributed by atoms with Crippen LogP contribution in [0.15, 0.2) is 18.7 Å². The molecule has 0 spiro atoms. The predicted octanol–water partition coefficient (Wildman–Crippen LogP) is 2.91. The Morgan fingerprint density at radius 2 is 1.83 bits per heavy atom. The second-order valence-corrected chi connectivity index (χ2v) is 5.41. The van der Waals surface area contributed by atoms with Crippen molar-refractivity contribution in [1.82, 2.24) is 19.1 Å². The molecule has 98 valence electrons. The van der Waals surface area contributed by atoms with Gasteiger partial charge in [-0.3, -0.25) is 0 Å². The van der Waals surface area contributed by atoms with Gasteiger partial charge in [0.25, 0.3) is 0 Å². The molecule has 0 atom stereocenters. The van der Waals surface area contributed by atoms with E-state index in [-0.39, 0.29) is 0 Å². The van der Waals surface area contributed by atoms with Crippen LogP contribution < -0.4 is 0 Å². The number of nitrogens with zero attached hydrogens (tertiary/aromatic N) is 4. The molecular formula is C14H22N4. The molecule has 4 nitrogen and oxygen atoms in total. The minimum absolute atomic E-state index is 0.440. The molecular weight excluding hydrogens is 224 g/mol. The Kier molecular flexibility index (Phi) is 3.55. The third kappa shape index (κ3) is 2.33. The lowest BCUT2D eigenvalue weighted by Gasteiger charge is -2.13. The molecule has 2 aromatic rings. The predicted molar refractivity (Wildman–Crippen MR) is 72.7 cm³/mol. The second kappa shape index (κ2) is 4.96. The number of rotatable bonds is 4. The lowest BCUT2D eigenvalue weighted by atomic mass is 10.1. The van der Waals surface area contributed by atoms with E-state index < -0.39 is 0 Å². The zero-order chi connectivity index (χ0) is 13.3. The van der Waals surface area contributed by atoms with Crippen molar-refractivity contribution in [1.29, 1.82) is 0 Å². The Hall–Kier alpha value is -1.58. The standard InChI is InChI=1S/C14H22N4/c1-10(2)13-12(17(5)9-16-13)8-18-7-6-15-14(18)11(3)4/h6-7,9-11H,8H2,1-5H3. The molecule has 0 aliphatic heterocycles. The van der Waals surface area contributed by atoms with Crippen LogP contribution in [-0.2, 0) is 13.6 Å². The highest BCUT2D eigenvalue weighted by molar-refractivity contribution is 5.18. The van der Waals surface area contributed by atoms with Crippen molar-refractivity contribution in [2.24, 2.45) is 7.05 Å². The summed E-state index contributed by atoms with van der Waals surface area (Å²) in [5, 5.41) is 0. The van der Waals surface area contributed by atoms with Crippen molar-refractivity contribution in [3.05, 3.63) is 35.9 Å². The lowest BCUT2D eigenvalue weighted by Crippen LogP contribution is -2.10. The maximum absolute atomic E-state index is 4.50. The quantitative estimate of drug-likeness (QED) is 0.831. The largest absolute Gasteiger partial charge is 0.336 e. The minimum Gasteiger partial charge on any atom is -0.336 e. The summed E-state index contributed by atoms with van der Waals surface area (Å²) in [5.74, 6) is 2.02. The molecule has 18 heavy (non-hydrogen) atoms. The first-order valence-electron chi connectivity index (χ1n) is 6.51. The van der Waals surface area contributed by atoms with Crippen LogP contribution in [0.3, 0.4) is 0 Å². The normalized spacial score (nSPS) is 11.7. The average Bonchev–Trinajstić information content (AvgIpc) is 2.87. The maximum Gasteiger partial charge on any atom is 0.111 e. The molecule has 0 amide bonds. The zero-order valence-corrected chi connectivity index (χ0v) is 11.9. The van der Waals surface area contributed by atoms with Gasteiger partial charge in [0.2, 0.25) is 0 Å². The molecule has 2 aromatic heterocycles. The monoisotopic (exact) mass is 246 g/mol. The molecule has 0 aromatic carbocycles. The third-order valence-electron chi connectivity index (χ3n) is 3.22. The second-order valence-electron chi connectivity index (χ2n) is 5.41. The van der Waals surface area contributed by atoms with Crippen molar-refractivity contribution in [3.63, 3.8) is 0 Å². The van der Waals surface area contributed by atoms with E-state index in [2.05, 4.69) is 53.8 Å². The Bertz CT molecular complexity index is 520. The summed E-state index contributed by atoms with van der Waals surface area (Å²) in [6, 6.07) is 0. The van der Waals surface area contributed by atoms with Gasteiger partial charge in [0.1, 0.15) is 5.82 Å². The van der Waals surface area contributed by atoms with Gasteiger partial charge in [-0.1, -0.05) is 27.7 Å². The number of aryl methyl sites for hydroxylation is 1. The molecule has 0 aliphatic carbocycles. The van der Waals surface area contributed by atoms with E-state index in [9.17, 15) is 0 Å². The fraction of sp³-hybridized carbons (Fsp3) is 0.571. The summed E-state index contributed by atoms with van der Waals surface area (Å²) in [4.78, 5) is 8.93. The maximum atomic E-state index is 4.50. The highest BCUT2D eigenvalue weighted by atomic mass is 15.1. The summed E-state index contributed by atoms with van der Waals surface area (Å²) in [6.45, 7) is 9.56. The summed E-state index contributed by atoms with van der Waals surface area (Å²) in [5.41, 5.74) is 2.45. The number of hydrogen-bond donors (Lipinski definition) is 0. The molecule has 2 rings (SSSR count). The minimum atomic E-state index is 0.440. The number of hydrogen-bond acceptors (Lipinski definition) is 2. The smallest absolute Gasteiger partial charge is 0.111 e. The van der Waals surface area contributed by atoms with Gasteiger partial charge in [-0.05, 0) is 5.92 Å². The fourth-order valence-corrected chi connectivity index (χ4v) is 2.26. The van der Waals surface area contributed by atoms with Crippen LogP contribution in [0, 0.1) is 0 Å². The summed E-state index contributed by atoms with van der Waals surface area (Å²) in [7, 11) is 2.06. The van der Waals surface area contributed by atoms with Gasteiger partial charge in [0.15, 0.2) is 0 Å². The SMILES string of the molecule is CC(C)c1ncn(C)c1Cn1ccnc1C(C)C. The summed E-state index contributed by atoms with van der Waals surface area (Å²) in [6.07, 6.45) is 5.82. The molecule has 2 heterocycles. The van der Waals surface area contributed by atoms with Crippen LogP contribution in [0.25, 0.3) is 0 Å². The van der Waals surface area contributed by atoms with E-state index in [0.717, 1.165) is 12.4 Å². The Balaban J connectivity index is 2.34. The van der Waals surface area contributed by atoms with E-state index in [1.165, 1.54) is 11.4 Å². The molecule has 0 saturated carbocycles. The Labute approximate surface area is 109 Å². The lowest BCUT2D eigenvalue weighted by molar-refractivity contribution is 0.635. The van der Waals surface area contributed by atoms with E-state index in [1.54, 1.807) is 0 Å². The van der Waals surface area contributed by atoms with Gasteiger partial charge < -0.3 is 9.13 Å². The van der Waals surface area contributed by atoms with E-state index in [0.29, 0.717) is 11.8 Å². The van der Waals surface area contributed by atoms with Gasteiger partial charge in [-0.15, -0.1) is 0 Å². The highest BCUT2D eigenvalue weighted by Crippen LogP contribution is 2.20. The van der Waals surface area contributed by atoms with Crippen LogP contribution in [0.1, 0.15) is 56.7 Å².